The molecule has 0 aliphatic carbocycles. The van der Waals surface area contributed by atoms with Gasteiger partial charge in [-0.05, 0) is 17.4 Å². The van der Waals surface area contributed by atoms with Crippen molar-refractivity contribution >= 4 is 44.3 Å². The molecular weight excluding hydrogens is 387 g/mol. The van der Waals surface area contributed by atoms with Crippen molar-refractivity contribution in [1.29, 1.82) is 0 Å². The molecule has 0 N–H and O–H groups in total. The zero-order valence-electron chi connectivity index (χ0n) is 14.9. The number of thiophene rings is 1. The smallest absolute Gasteiger partial charge is 0.258 e. The molecule has 0 saturated carbocycles. The van der Waals surface area contributed by atoms with E-state index in [1.807, 2.05) is 54.6 Å². The molecule has 1 heterocycles. The van der Waals surface area contributed by atoms with Crippen molar-refractivity contribution in [3.05, 3.63) is 113 Å². The van der Waals surface area contributed by atoms with E-state index >= 15 is 0 Å². The molecule has 4 aromatic rings. The van der Waals surface area contributed by atoms with E-state index in [0.717, 1.165) is 27.3 Å². The van der Waals surface area contributed by atoms with Crippen LogP contribution in [-0.2, 0) is 0 Å². The Hall–Kier alpha value is -3.01. The fraction of sp³-hybridized carbons (Fsp3) is 0. The first kappa shape index (κ1) is 18.4. The molecule has 0 spiro atoms. The predicted octanol–water partition coefficient (Wildman–Crippen LogP) is 5.47. The summed E-state index contributed by atoms with van der Waals surface area (Å²) < 4.78 is 5.23. The van der Waals surface area contributed by atoms with Crippen LogP contribution in [0.3, 0.4) is 0 Å². The Labute approximate surface area is 167 Å². The van der Waals surface area contributed by atoms with Crippen molar-refractivity contribution < 1.29 is 4.92 Å². The van der Waals surface area contributed by atoms with Crippen LogP contribution in [0.5, 0.6) is 0 Å². The molecule has 1 aromatic heterocycles. The molecule has 0 fully saturated rings. The zero-order chi connectivity index (χ0) is 19.4. The Morgan fingerprint density at radius 3 is 1.46 bits per heavy atom. The van der Waals surface area contributed by atoms with Crippen LogP contribution in [0.1, 0.15) is 0 Å². The third-order valence-corrected chi connectivity index (χ3v) is 9.11. The van der Waals surface area contributed by atoms with Gasteiger partial charge in [-0.1, -0.05) is 91.0 Å². The maximum atomic E-state index is 11.2. The summed E-state index contributed by atoms with van der Waals surface area (Å²) in [5.74, 6) is 0. The monoisotopic (exact) mass is 404 g/mol. The van der Waals surface area contributed by atoms with Gasteiger partial charge >= 0.3 is 5.00 Å². The maximum absolute atomic E-state index is 11.2. The molecule has 4 rings (SSSR count). The average molecular weight is 404 g/mol. The van der Waals surface area contributed by atoms with E-state index in [1.165, 1.54) is 6.07 Å². The van der Waals surface area contributed by atoms with Crippen molar-refractivity contribution in [2.75, 3.05) is 0 Å². The number of nitro groups is 1. The van der Waals surface area contributed by atoms with Crippen molar-refractivity contribution in [1.82, 2.24) is 0 Å². The Bertz CT molecular complexity index is 1040. The number of hydrogen-bond acceptors (Lipinski definition) is 4. The third-order valence-electron chi connectivity index (χ3n) is 4.40. The van der Waals surface area contributed by atoms with Crippen molar-refractivity contribution in [3.8, 4) is 0 Å². The van der Waals surface area contributed by atoms with Crippen molar-refractivity contribution in [2.45, 2.75) is 0 Å². The van der Waals surface area contributed by atoms with Gasteiger partial charge in [-0.15, -0.1) is 0 Å². The van der Waals surface area contributed by atoms with E-state index in [9.17, 15) is 10.1 Å². The van der Waals surface area contributed by atoms with Crippen LogP contribution in [0.2, 0.25) is 0 Å². The summed E-state index contributed by atoms with van der Waals surface area (Å²) in [6.07, 6.45) is 0. The lowest BCUT2D eigenvalue weighted by atomic mass is 10.4. The summed E-state index contributed by atoms with van der Waals surface area (Å²) in [5, 5.41) is 15.3. The predicted molar refractivity (Wildman–Crippen MR) is 118 cm³/mol. The molecule has 0 amide bonds. The molecule has 0 aliphatic rings. The lowest BCUT2D eigenvalue weighted by Crippen LogP contribution is -2.25. The minimum absolute atomic E-state index is 0.103. The number of hydrogen-bond donors (Lipinski definition) is 0. The highest BCUT2D eigenvalue weighted by Gasteiger charge is 2.28. The standard InChI is InChI=1S/C22H17N2O2PS/c25-24(26)22-17-16-21(28-22)23-27(18-10-4-1-5-11-18,19-12-6-2-7-13-19)20-14-8-3-9-15-20/h1-17H. The molecule has 0 aliphatic heterocycles. The highest BCUT2D eigenvalue weighted by molar-refractivity contribution is 7.87. The average Bonchev–Trinajstić information content (AvgIpc) is 3.23. The molecule has 4 nitrogen and oxygen atoms in total. The third kappa shape index (κ3) is 3.42. The second-order valence-electron chi connectivity index (χ2n) is 6.11. The van der Waals surface area contributed by atoms with E-state index in [4.69, 9.17) is 4.74 Å². The van der Waals surface area contributed by atoms with Crippen molar-refractivity contribution in [2.24, 2.45) is 4.74 Å². The molecule has 0 unspecified atom stereocenters. The van der Waals surface area contributed by atoms with Gasteiger partial charge in [0.25, 0.3) is 0 Å². The fourth-order valence-electron chi connectivity index (χ4n) is 3.17. The first-order valence-electron chi connectivity index (χ1n) is 8.73. The van der Waals surface area contributed by atoms with Crippen LogP contribution in [0.25, 0.3) is 0 Å². The van der Waals surface area contributed by atoms with E-state index in [1.54, 1.807) is 6.07 Å². The summed E-state index contributed by atoms with van der Waals surface area (Å²) in [7, 11) is -2.38. The van der Waals surface area contributed by atoms with Crippen LogP contribution in [-0.4, -0.2) is 4.92 Å². The topological polar surface area (TPSA) is 55.5 Å². The minimum Gasteiger partial charge on any atom is -0.258 e. The molecule has 0 bridgehead atoms. The second kappa shape index (κ2) is 7.93. The molecule has 0 radical (unpaired) electrons. The molecule has 138 valence electrons. The molecule has 6 heteroatoms. The number of nitrogens with zero attached hydrogens (tertiary/aromatic N) is 2. The quantitative estimate of drug-likeness (QED) is 0.252. The summed E-state index contributed by atoms with van der Waals surface area (Å²) >= 11 is 1.11. The largest absolute Gasteiger partial charge is 0.326 e. The van der Waals surface area contributed by atoms with E-state index in [0.29, 0.717) is 5.00 Å². The number of benzene rings is 3. The highest BCUT2D eigenvalue weighted by atomic mass is 32.1. The summed E-state index contributed by atoms with van der Waals surface area (Å²) in [5.41, 5.74) is 0. The molecule has 0 atom stereocenters. The highest BCUT2D eigenvalue weighted by Crippen LogP contribution is 2.50. The first-order valence-corrected chi connectivity index (χ1v) is 11.3. The molecule has 0 saturated heterocycles. The molecular formula is C22H17N2O2PS. The van der Waals surface area contributed by atoms with E-state index in [-0.39, 0.29) is 9.92 Å². The number of rotatable bonds is 5. The zero-order valence-corrected chi connectivity index (χ0v) is 16.6. The van der Waals surface area contributed by atoms with Gasteiger partial charge in [0, 0.05) is 22.0 Å². The fourth-order valence-corrected chi connectivity index (χ4v) is 7.67. The normalized spacial score (nSPS) is 11.1. The van der Waals surface area contributed by atoms with Gasteiger partial charge in [-0.3, -0.25) is 10.1 Å². The summed E-state index contributed by atoms with van der Waals surface area (Å²) in [6, 6.07) is 33.9. The van der Waals surface area contributed by atoms with Gasteiger partial charge in [0.05, 0.1) is 12.0 Å². The van der Waals surface area contributed by atoms with Gasteiger partial charge in [-0.25, -0.2) is 4.74 Å². The Morgan fingerprint density at radius 2 is 1.11 bits per heavy atom. The lowest BCUT2D eigenvalue weighted by molar-refractivity contribution is -0.380. The Balaban J connectivity index is 2.09. The van der Waals surface area contributed by atoms with Gasteiger partial charge in [0.1, 0.15) is 5.00 Å². The van der Waals surface area contributed by atoms with Gasteiger partial charge in [0.2, 0.25) is 0 Å². The van der Waals surface area contributed by atoms with E-state index in [2.05, 4.69) is 36.4 Å². The van der Waals surface area contributed by atoms with Crippen LogP contribution in [0.15, 0.2) is 108 Å². The SMILES string of the molecule is O=[N+]([O-])c1ccc(N=P(c2ccccc2)(c2ccccc2)c2ccccc2)s1. The van der Waals surface area contributed by atoms with Crippen LogP contribution >= 0.6 is 18.4 Å². The van der Waals surface area contributed by atoms with E-state index < -0.39 is 7.05 Å². The summed E-state index contributed by atoms with van der Waals surface area (Å²) in [4.78, 5) is 10.8. The van der Waals surface area contributed by atoms with Gasteiger partial charge < -0.3 is 0 Å². The lowest BCUT2D eigenvalue weighted by Gasteiger charge is -2.26. The Morgan fingerprint density at radius 1 is 0.679 bits per heavy atom. The van der Waals surface area contributed by atoms with Crippen molar-refractivity contribution in [3.63, 3.8) is 0 Å². The molecule has 28 heavy (non-hydrogen) atoms. The summed E-state index contributed by atoms with van der Waals surface area (Å²) in [6.45, 7) is 0. The second-order valence-corrected chi connectivity index (χ2v) is 10.2. The molecule has 3 aromatic carbocycles. The van der Waals surface area contributed by atoms with Gasteiger partial charge in [0.15, 0.2) is 0 Å². The Kier molecular flexibility index (Phi) is 5.20. The van der Waals surface area contributed by atoms with Crippen LogP contribution in [0, 0.1) is 10.1 Å². The minimum atomic E-state index is -2.38. The van der Waals surface area contributed by atoms with Crippen LogP contribution < -0.4 is 15.9 Å². The first-order chi connectivity index (χ1) is 13.7. The maximum Gasteiger partial charge on any atom is 0.326 e. The van der Waals surface area contributed by atoms with Crippen LogP contribution in [0.4, 0.5) is 10.0 Å². The van der Waals surface area contributed by atoms with Gasteiger partial charge in [-0.2, -0.15) is 0 Å².